The highest BCUT2D eigenvalue weighted by molar-refractivity contribution is 6.13. The Morgan fingerprint density at radius 1 is 1.41 bits per heavy atom. The zero-order chi connectivity index (χ0) is 13.5. The largest absolute Gasteiger partial charge is 0.481 e. The molecule has 0 spiro atoms. The molecule has 0 aromatic heterocycles. The molecule has 0 saturated carbocycles. The molecular formula is C14H27BO2. The van der Waals surface area contributed by atoms with Gasteiger partial charge in [0.05, 0.1) is 5.92 Å². The number of unbranched alkanes of at least 4 members (excludes halogenated alkanes) is 1. The van der Waals surface area contributed by atoms with Gasteiger partial charge in [0.25, 0.3) is 0 Å². The van der Waals surface area contributed by atoms with Gasteiger partial charge in [0.15, 0.2) is 0 Å². The molecule has 17 heavy (non-hydrogen) atoms. The number of hydrogen-bond donors (Lipinski definition) is 1. The lowest BCUT2D eigenvalue weighted by Crippen LogP contribution is -2.11. The first-order valence-electron chi connectivity index (χ1n) is 6.62. The Kier molecular flexibility index (Phi) is 7.25. The number of allylic oxidation sites excluding steroid dienone is 2. The van der Waals surface area contributed by atoms with Gasteiger partial charge in [-0.05, 0) is 31.1 Å². The van der Waals surface area contributed by atoms with E-state index in [4.69, 9.17) is 5.11 Å². The summed E-state index contributed by atoms with van der Waals surface area (Å²) >= 11 is 0. The minimum Gasteiger partial charge on any atom is -0.481 e. The molecule has 0 amide bonds. The first kappa shape index (κ1) is 16.3. The van der Waals surface area contributed by atoms with Crippen LogP contribution in [-0.4, -0.2) is 18.9 Å². The number of carbonyl (C=O) groups is 1. The molecular weight excluding hydrogens is 211 g/mol. The SMILES string of the molecule is BC(/C=C/CCCC(C)(C)C)CC(C)C(=O)O. The number of carboxylic acid groups (broad SMARTS) is 1. The van der Waals surface area contributed by atoms with Crippen LogP contribution in [0.2, 0.25) is 5.82 Å². The van der Waals surface area contributed by atoms with E-state index in [1.165, 1.54) is 12.8 Å². The molecule has 0 saturated heterocycles. The van der Waals surface area contributed by atoms with E-state index >= 15 is 0 Å². The molecule has 3 heteroatoms. The zero-order valence-electron chi connectivity index (χ0n) is 12.0. The average Bonchev–Trinajstić information content (AvgIpc) is 2.15. The van der Waals surface area contributed by atoms with Crippen molar-refractivity contribution in [3.05, 3.63) is 12.2 Å². The minimum absolute atomic E-state index is 0.246. The summed E-state index contributed by atoms with van der Waals surface area (Å²) in [6.07, 6.45) is 8.62. The van der Waals surface area contributed by atoms with Crippen LogP contribution >= 0.6 is 0 Å². The Hall–Kier alpha value is -0.725. The van der Waals surface area contributed by atoms with E-state index in [-0.39, 0.29) is 5.92 Å². The molecule has 2 nitrogen and oxygen atoms in total. The summed E-state index contributed by atoms with van der Waals surface area (Å²) in [7, 11) is 2.08. The van der Waals surface area contributed by atoms with E-state index in [1.54, 1.807) is 6.92 Å². The molecule has 0 aliphatic carbocycles. The quantitative estimate of drug-likeness (QED) is 0.419. The predicted molar refractivity (Wildman–Crippen MR) is 76.2 cm³/mol. The summed E-state index contributed by atoms with van der Waals surface area (Å²) in [5.74, 6) is -0.585. The molecule has 0 aromatic rings. The highest BCUT2D eigenvalue weighted by atomic mass is 16.4. The lowest BCUT2D eigenvalue weighted by molar-refractivity contribution is -0.141. The molecule has 2 atom stereocenters. The van der Waals surface area contributed by atoms with Gasteiger partial charge in [-0.3, -0.25) is 4.79 Å². The maximum absolute atomic E-state index is 10.7. The van der Waals surface area contributed by atoms with Crippen molar-refractivity contribution in [1.29, 1.82) is 0 Å². The lowest BCUT2D eigenvalue weighted by atomic mass is 9.80. The molecule has 0 fully saturated rings. The van der Waals surface area contributed by atoms with Crippen LogP contribution in [0.3, 0.4) is 0 Å². The van der Waals surface area contributed by atoms with E-state index in [0.717, 1.165) is 12.8 Å². The minimum atomic E-state index is -0.696. The number of hydrogen-bond acceptors (Lipinski definition) is 1. The van der Waals surface area contributed by atoms with Gasteiger partial charge >= 0.3 is 5.97 Å². The summed E-state index contributed by atoms with van der Waals surface area (Å²) in [6, 6.07) is 0. The number of aliphatic carboxylic acids is 1. The van der Waals surface area contributed by atoms with Crippen molar-refractivity contribution < 1.29 is 9.90 Å². The molecule has 98 valence electrons. The zero-order valence-corrected chi connectivity index (χ0v) is 12.0. The Balaban J connectivity index is 3.74. The predicted octanol–water partition coefficient (Wildman–Crippen LogP) is 3.29. The smallest absolute Gasteiger partial charge is 0.306 e. The van der Waals surface area contributed by atoms with E-state index in [2.05, 4.69) is 40.8 Å². The Labute approximate surface area is 107 Å². The Morgan fingerprint density at radius 3 is 2.47 bits per heavy atom. The number of rotatable bonds is 7. The van der Waals surface area contributed by atoms with Crippen LogP contribution in [-0.2, 0) is 4.79 Å². The van der Waals surface area contributed by atoms with Crippen molar-refractivity contribution in [2.75, 3.05) is 0 Å². The maximum atomic E-state index is 10.7. The third-order valence-electron chi connectivity index (χ3n) is 2.91. The van der Waals surface area contributed by atoms with E-state index in [0.29, 0.717) is 11.2 Å². The van der Waals surface area contributed by atoms with E-state index in [9.17, 15) is 4.79 Å². The van der Waals surface area contributed by atoms with E-state index in [1.807, 2.05) is 0 Å². The summed E-state index contributed by atoms with van der Waals surface area (Å²) in [5, 5.41) is 8.81. The van der Waals surface area contributed by atoms with Gasteiger partial charge in [-0.25, -0.2) is 0 Å². The van der Waals surface area contributed by atoms with Crippen LogP contribution in [0.1, 0.15) is 53.4 Å². The van der Waals surface area contributed by atoms with Gasteiger partial charge in [0.1, 0.15) is 7.85 Å². The van der Waals surface area contributed by atoms with Crippen molar-refractivity contribution in [1.82, 2.24) is 0 Å². The summed E-state index contributed by atoms with van der Waals surface area (Å²) in [6.45, 7) is 8.54. The lowest BCUT2D eigenvalue weighted by Gasteiger charge is -2.16. The molecule has 0 aliphatic rings. The van der Waals surface area contributed by atoms with Crippen LogP contribution in [0, 0.1) is 11.3 Å². The van der Waals surface area contributed by atoms with Gasteiger partial charge in [0.2, 0.25) is 0 Å². The van der Waals surface area contributed by atoms with E-state index < -0.39 is 5.97 Å². The fourth-order valence-electron chi connectivity index (χ4n) is 1.82. The van der Waals surface area contributed by atoms with Gasteiger partial charge in [-0.15, -0.1) is 0 Å². The molecule has 0 radical (unpaired) electrons. The Morgan fingerprint density at radius 2 is 2.00 bits per heavy atom. The van der Waals surface area contributed by atoms with Crippen molar-refractivity contribution in [3.8, 4) is 0 Å². The molecule has 1 N–H and O–H groups in total. The van der Waals surface area contributed by atoms with Crippen molar-refractivity contribution in [3.63, 3.8) is 0 Å². The van der Waals surface area contributed by atoms with Crippen LogP contribution < -0.4 is 0 Å². The summed E-state index contributed by atoms with van der Waals surface area (Å²) < 4.78 is 0. The fraction of sp³-hybridized carbons (Fsp3) is 0.786. The summed E-state index contributed by atoms with van der Waals surface area (Å²) in [4.78, 5) is 10.7. The van der Waals surface area contributed by atoms with Crippen molar-refractivity contribution >= 4 is 13.8 Å². The van der Waals surface area contributed by atoms with Crippen molar-refractivity contribution in [2.24, 2.45) is 11.3 Å². The molecule has 0 aromatic carbocycles. The molecule has 2 unspecified atom stereocenters. The van der Waals surface area contributed by atoms with Crippen LogP contribution in [0.25, 0.3) is 0 Å². The van der Waals surface area contributed by atoms with Gasteiger partial charge < -0.3 is 5.11 Å². The van der Waals surface area contributed by atoms with Crippen molar-refractivity contribution in [2.45, 2.75) is 59.2 Å². The highest BCUT2D eigenvalue weighted by Crippen LogP contribution is 2.22. The van der Waals surface area contributed by atoms with Gasteiger partial charge in [-0.2, -0.15) is 0 Å². The first-order chi connectivity index (χ1) is 7.72. The second-order valence-electron chi connectivity index (χ2n) is 6.33. The topological polar surface area (TPSA) is 37.3 Å². The monoisotopic (exact) mass is 238 g/mol. The molecule has 0 rings (SSSR count). The molecule has 0 aliphatic heterocycles. The first-order valence-corrected chi connectivity index (χ1v) is 6.62. The Bertz CT molecular complexity index is 253. The van der Waals surface area contributed by atoms with Crippen LogP contribution in [0.5, 0.6) is 0 Å². The standard InChI is InChI=1S/C14H27BO2/c1-11(13(16)17)10-12(15)8-6-5-7-9-14(2,3)4/h6,8,11-12H,5,7,9-10,15H2,1-4H3,(H,16,17)/b8-6+. The number of carboxylic acids is 1. The summed E-state index contributed by atoms with van der Waals surface area (Å²) in [5.41, 5.74) is 0.414. The second kappa shape index (κ2) is 7.57. The molecule has 0 bridgehead atoms. The third-order valence-corrected chi connectivity index (χ3v) is 2.91. The van der Waals surface area contributed by atoms with Crippen LogP contribution in [0.15, 0.2) is 12.2 Å². The highest BCUT2D eigenvalue weighted by Gasteiger charge is 2.13. The normalized spacial score (nSPS) is 16.0. The third kappa shape index (κ3) is 10.2. The molecule has 0 heterocycles. The second-order valence-corrected chi connectivity index (χ2v) is 6.33. The van der Waals surface area contributed by atoms with Gasteiger partial charge in [0, 0.05) is 0 Å². The fourth-order valence-corrected chi connectivity index (χ4v) is 1.82. The maximum Gasteiger partial charge on any atom is 0.306 e. The van der Waals surface area contributed by atoms with Gasteiger partial charge in [-0.1, -0.05) is 45.7 Å². The average molecular weight is 238 g/mol. The van der Waals surface area contributed by atoms with Crippen LogP contribution in [0.4, 0.5) is 0 Å².